The van der Waals surface area contributed by atoms with Crippen molar-refractivity contribution in [2.75, 3.05) is 13.2 Å². The third-order valence-corrected chi connectivity index (χ3v) is 1.61. The zero-order chi connectivity index (χ0) is 12.4. The molecule has 0 bridgehead atoms. The van der Waals surface area contributed by atoms with Gasteiger partial charge in [0.05, 0.1) is 19.4 Å². The summed E-state index contributed by atoms with van der Waals surface area (Å²) in [6.07, 6.45) is 0.878. The van der Waals surface area contributed by atoms with Crippen molar-refractivity contribution in [1.29, 1.82) is 0 Å². The fourth-order valence-corrected chi connectivity index (χ4v) is 0.888. The number of hydrogen-bond donors (Lipinski definition) is 1. The molecule has 0 aromatic heterocycles. The minimum absolute atomic E-state index is 0.0580. The minimum Gasteiger partial charge on any atom is -0.466 e. The molecule has 92 valence electrons. The lowest BCUT2D eigenvalue weighted by Gasteiger charge is -2.03. The van der Waals surface area contributed by atoms with Gasteiger partial charge in [-0.3, -0.25) is 14.4 Å². The van der Waals surface area contributed by atoms with Crippen LogP contribution in [0.1, 0.15) is 32.6 Å². The first-order valence-electron chi connectivity index (χ1n) is 5.04. The van der Waals surface area contributed by atoms with Crippen molar-refractivity contribution in [2.45, 2.75) is 32.6 Å². The Morgan fingerprint density at radius 1 is 1.06 bits per heavy atom. The van der Waals surface area contributed by atoms with Gasteiger partial charge in [0.25, 0.3) is 0 Å². The number of esters is 3. The molecule has 0 rings (SSSR count). The Kier molecular flexibility index (Phi) is 8.05. The van der Waals surface area contributed by atoms with Gasteiger partial charge < -0.3 is 14.6 Å². The number of hydrogen-bond acceptors (Lipinski definition) is 6. The van der Waals surface area contributed by atoms with E-state index >= 15 is 0 Å². The molecule has 0 aromatic carbocycles. The van der Waals surface area contributed by atoms with E-state index in [0.29, 0.717) is 12.8 Å². The van der Waals surface area contributed by atoms with Crippen LogP contribution in [0.5, 0.6) is 0 Å². The Bertz CT molecular complexity index is 248. The van der Waals surface area contributed by atoms with Crippen molar-refractivity contribution in [3.8, 4) is 0 Å². The number of carbonyl (C=O) groups excluding carboxylic acids is 3. The molecule has 0 spiro atoms. The van der Waals surface area contributed by atoms with Gasteiger partial charge in [-0.05, 0) is 12.8 Å². The van der Waals surface area contributed by atoms with Crippen LogP contribution in [-0.4, -0.2) is 36.2 Å². The zero-order valence-corrected chi connectivity index (χ0v) is 9.23. The lowest BCUT2D eigenvalue weighted by molar-refractivity contribution is -0.160. The Morgan fingerprint density at radius 3 is 2.25 bits per heavy atom. The van der Waals surface area contributed by atoms with Crippen LogP contribution in [0.3, 0.4) is 0 Å². The predicted molar refractivity (Wildman–Crippen MR) is 53.3 cm³/mol. The van der Waals surface area contributed by atoms with Crippen molar-refractivity contribution in [3.05, 3.63) is 0 Å². The Balaban J connectivity index is 3.49. The van der Waals surface area contributed by atoms with Gasteiger partial charge in [-0.1, -0.05) is 0 Å². The van der Waals surface area contributed by atoms with Crippen LogP contribution < -0.4 is 0 Å². The van der Waals surface area contributed by atoms with Crippen LogP contribution in [0.4, 0.5) is 0 Å². The van der Waals surface area contributed by atoms with E-state index in [1.807, 2.05) is 0 Å². The summed E-state index contributed by atoms with van der Waals surface area (Å²) in [6.45, 7) is 1.40. The predicted octanol–water partition coefficient (Wildman–Crippen LogP) is 0.172. The van der Waals surface area contributed by atoms with Gasteiger partial charge in [-0.2, -0.15) is 0 Å². The number of aliphatic hydroxyl groups is 1. The van der Waals surface area contributed by atoms with E-state index in [0.717, 1.165) is 6.92 Å². The number of unbranched alkanes of at least 4 members (excludes halogenated alkanes) is 1. The van der Waals surface area contributed by atoms with Crippen LogP contribution in [0, 0.1) is 0 Å². The van der Waals surface area contributed by atoms with E-state index in [1.165, 1.54) is 0 Å². The molecular formula is C10H16O6. The summed E-state index contributed by atoms with van der Waals surface area (Å²) in [5.41, 5.74) is 0. The van der Waals surface area contributed by atoms with Gasteiger partial charge >= 0.3 is 17.9 Å². The molecule has 0 aliphatic heterocycles. The number of ether oxygens (including phenoxy) is 2. The monoisotopic (exact) mass is 232 g/mol. The highest BCUT2D eigenvalue weighted by molar-refractivity contribution is 5.86. The maximum Gasteiger partial charge on any atom is 0.314 e. The van der Waals surface area contributed by atoms with Crippen LogP contribution in [0.25, 0.3) is 0 Å². The highest BCUT2D eigenvalue weighted by atomic mass is 16.6. The van der Waals surface area contributed by atoms with Crippen LogP contribution in [-0.2, 0) is 23.9 Å². The topological polar surface area (TPSA) is 89.9 Å². The largest absolute Gasteiger partial charge is 0.466 e. The molecular weight excluding hydrogens is 216 g/mol. The van der Waals surface area contributed by atoms with Crippen LogP contribution >= 0.6 is 0 Å². The normalized spacial score (nSPS) is 9.62. The average molecular weight is 232 g/mol. The lowest BCUT2D eigenvalue weighted by atomic mass is 10.3. The fraction of sp³-hybridized carbons (Fsp3) is 0.700. The number of rotatable bonds is 7. The average Bonchev–Trinajstić information content (AvgIpc) is 2.20. The first kappa shape index (κ1) is 14.6. The first-order chi connectivity index (χ1) is 7.56. The van der Waals surface area contributed by atoms with Crippen molar-refractivity contribution in [3.63, 3.8) is 0 Å². The minimum atomic E-state index is -0.736. The quantitative estimate of drug-likeness (QED) is 0.382. The van der Waals surface area contributed by atoms with Crippen molar-refractivity contribution < 1.29 is 29.0 Å². The molecule has 0 unspecified atom stereocenters. The summed E-state index contributed by atoms with van der Waals surface area (Å²) in [4.78, 5) is 32.2. The molecule has 0 atom stereocenters. The molecule has 0 saturated heterocycles. The summed E-state index contributed by atoms with van der Waals surface area (Å²) in [7, 11) is 0. The van der Waals surface area contributed by atoms with Crippen molar-refractivity contribution in [1.82, 2.24) is 0 Å². The molecule has 0 radical (unpaired) electrons. The Morgan fingerprint density at radius 2 is 1.69 bits per heavy atom. The molecule has 0 aromatic rings. The third-order valence-electron chi connectivity index (χ3n) is 1.61. The highest BCUT2D eigenvalue weighted by Gasteiger charge is 2.10. The molecule has 16 heavy (non-hydrogen) atoms. The summed E-state index contributed by atoms with van der Waals surface area (Å²) in [5, 5.41) is 8.46. The number of aliphatic hydroxyl groups excluding tert-OH is 1. The molecule has 0 aliphatic rings. The summed E-state index contributed by atoms with van der Waals surface area (Å²) in [5.74, 6) is -1.94. The third kappa shape index (κ3) is 9.14. The molecule has 0 saturated carbocycles. The van der Waals surface area contributed by atoms with E-state index in [-0.39, 0.29) is 26.1 Å². The maximum absolute atomic E-state index is 11.0. The number of carbonyl (C=O) groups is 3. The zero-order valence-electron chi connectivity index (χ0n) is 9.23. The van der Waals surface area contributed by atoms with E-state index in [1.54, 1.807) is 0 Å². The smallest absolute Gasteiger partial charge is 0.314 e. The van der Waals surface area contributed by atoms with Crippen LogP contribution in [0.15, 0.2) is 0 Å². The standard InChI is InChI=1S/C10H16O6/c1-8(12)16-10(14)5-4-9(13)15-7-3-2-6-11/h11H,2-7H2,1H3. The molecule has 0 amide bonds. The highest BCUT2D eigenvalue weighted by Crippen LogP contribution is 1.98. The molecule has 0 aliphatic carbocycles. The van der Waals surface area contributed by atoms with E-state index < -0.39 is 17.9 Å². The van der Waals surface area contributed by atoms with Crippen molar-refractivity contribution in [2.24, 2.45) is 0 Å². The van der Waals surface area contributed by atoms with Gasteiger partial charge in [-0.25, -0.2) is 0 Å². The van der Waals surface area contributed by atoms with Gasteiger partial charge in [-0.15, -0.1) is 0 Å². The Hall–Kier alpha value is -1.43. The SMILES string of the molecule is CC(=O)OC(=O)CCC(=O)OCCCCO. The summed E-state index contributed by atoms with van der Waals surface area (Å²) >= 11 is 0. The van der Waals surface area contributed by atoms with Gasteiger partial charge in [0.2, 0.25) is 0 Å². The van der Waals surface area contributed by atoms with E-state index in [2.05, 4.69) is 4.74 Å². The van der Waals surface area contributed by atoms with Crippen molar-refractivity contribution >= 4 is 17.9 Å². The second-order valence-corrected chi connectivity index (χ2v) is 3.12. The van der Waals surface area contributed by atoms with Gasteiger partial charge in [0, 0.05) is 13.5 Å². The molecule has 6 heteroatoms. The first-order valence-corrected chi connectivity index (χ1v) is 5.04. The second kappa shape index (κ2) is 8.84. The molecule has 0 fully saturated rings. The van der Waals surface area contributed by atoms with E-state index in [4.69, 9.17) is 9.84 Å². The molecule has 6 nitrogen and oxygen atoms in total. The Labute approximate surface area is 93.5 Å². The maximum atomic E-state index is 11.0. The van der Waals surface area contributed by atoms with E-state index in [9.17, 15) is 14.4 Å². The van der Waals surface area contributed by atoms with Crippen LogP contribution in [0.2, 0.25) is 0 Å². The van der Waals surface area contributed by atoms with Gasteiger partial charge in [0.15, 0.2) is 0 Å². The summed E-state index contributed by atoms with van der Waals surface area (Å²) < 4.78 is 8.98. The van der Waals surface area contributed by atoms with Gasteiger partial charge in [0.1, 0.15) is 0 Å². The lowest BCUT2D eigenvalue weighted by Crippen LogP contribution is -2.13. The molecule has 0 heterocycles. The summed E-state index contributed by atoms with van der Waals surface area (Å²) in [6, 6.07) is 0. The fourth-order valence-electron chi connectivity index (χ4n) is 0.888. The second-order valence-electron chi connectivity index (χ2n) is 3.12. The molecule has 1 N–H and O–H groups in total.